The van der Waals surface area contributed by atoms with E-state index in [1.54, 1.807) is 54.6 Å². The molecule has 2 radical (unpaired) electrons. The van der Waals surface area contributed by atoms with Crippen LogP contribution in [-0.2, 0) is 20.2 Å². The third-order valence-corrected chi connectivity index (χ3v) is 10.5. The molecule has 0 fully saturated rings. The van der Waals surface area contributed by atoms with Crippen molar-refractivity contribution in [3.63, 3.8) is 0 Å². The maximum absolute atomic E-state index is 12.1. The minimum atomic E-state index is -4.88. The van der Waals surface area contributed by atoms with Gasteiger partial charge in [0, 0.05) is 21.5 Å². The lowest BCUT2D eigenvalue weighted by molar-refractivity contribution is 0.328. The average molecular weight is 786 g/mol. The summed E-state index contributed by atoms with van der Waals surface area (Å²) in [6.45, 7) is 6.00. The van der Waals surface area contributed by atoms with Crippen molar-refractivity contribution in [2.75, 3.05) is 6.61 Å². The molecule has 7 aromatic carbocycles. The maximum Gasteiger partial charge on any atom is 0.295 e. The molecular weight excluding hydrogens is 759 g/mol. The number of rotatable bonds is 10. The summed E-state index contributed by atoms with van der Waals surface area (Å²) in [5, 5.41) is 40.2. The van der Waals surface area contributed by atoms with Crippen LogP contribution in [-0.4, -0.2) is 52.6 Å². The van der Waals surface area contributed by atoms with E-state index in [0.717, 1.165) is 22.6 Å². The van der Waals surface area contributed by atoms with Crippen LogP contribution in [0, 0.1) is 6.92 Å². The molecule has 3 N–H and O–H groups in total. The zero-order chi connectivity index (χ0) is 39.2. The smallest absolute Gasteiger partial charge is 0.295 e. The summed E-state index contributed by atoms with van der Waals surface area (Å²) in [5.74, 6) is 0.609. The van der Waals surface area contributed by atoms with Crippen LogP contribution in [0.1, 0.15) is 6.42 Å². The highest BCUT2D eigenvalue weighted by Gasteiger charge is 2.23. The number of azo groups is 2. The van der Waals surface area contributed by atoms with E-state index in [1.165, 1.54) is 16.9 Å². The second-order valence-corrected chi connectivity index (χ2v) is 15.3. The van der Waals surface area contributed by atoms with Gasteiger partial charge in [-0.1, -0.05) is 30.3 Å². The number of aromatic hydroxyl groups is 1. The van der Waals surface area contributed by atoms with Crippen LogP contribution in [0.4, 0.5) is 22.7 Å². The topological polar surface area (TPSA) is 218 Å². The Kier molecular flexibility index (Phi) is 9.21. The first-order chi connectivity index (χ1) is 26.9. The zero-order valence-electron chi connectivity index (χ0n) is 28.8. The summed E-state index contributed by atoms with van der Waals surface area (Å²) in [6.07, 6.45) is 0.407. The molecule has 8 aromatic rings. The molecule has 17 heteroatoms. The van der Waals surface area contributed by atoms with Crippen molar-refractivity contribution in [3.05, 3.63) is 122 Å². The third kappa shape index (κ3) is 7.14. The number of phenols is 1. The lowest BCUT2D eigenvalue weighted by Crippen LogP contribution is -2.04. The fraction of sp³-hybridized carbons (Fsp3) is 0.0513. The molecule has 0 aliphatic heterocycles. The molecule has 0 unspecified atom stereocenters. The van der Waals surface area contributed by atoms with E-state index >= 15 is 0 Å². The van der Waals surface area contributed by atoms with Crippen molar-refractivity contribution in [2.45, 2.75) is 16.2 Å². The predicted octanol–water partition coefficient (Wildman–Crippen LogP) is 9.39. The Bertz CT molecular complexity index is 3150. The Hall–Kier alpha value is -6.66. The number of aromatic nitrogens is 3. The summed E-state index contributed by atoms with van der Waals surface area (Å²) in [4.78, 5) is -0.202. The average Bonchev–Trinajstić information content (AvgIpc) is 3.63. The Morgan fingerprint density at radius 3 is 2.07 bits per heavy atom. The Morgan fingerprint density at radius 2 is 1.34 bits per heavy atom. The number of nitrogens with zero attached hydrogens (tertiary/aromatic N) is 7. The second-order valence-electron chi connectivity index (χ2n) is 12.4. The maximum atomic E-state index is 12.1. The summed E-state index contributed by atoms with van der Waals surface area (Å²) in [5.41, 5.74) is 2.83. The molecule has 0 aliphatic carbocycles. The van der Waals surface area contributed by atoms with Crippen LogP contribution in [0.2, 0.25) is 0 Å². The van der Waals surface area contributed by atoms with E-state index in [-0.39, 0.29) is 33.2 Å². The summed E-state index contributed by atoms with van der Waals surface area (Å²) in [6, 6.07) is 31.3. The highest BCUT2D eigenvalue weighted by atomic mass is 32.2. The Labute approximate surface area is 318 Å². The van der Waals surface area contributed by atoms with Gasteiger partial charge in [-0.3, -0.25) is 9.11 Å². The van der Waals surface area contributed by atoms with Crippen LogP contribution >= 0.6 is 0 Å². The lowest BCUT2D eigenvalue weighted by Gasteiger charge is -2.08. The van der Waals surface area contributed by atoms with E-state index in [4.69, 9.17) is 11.7 Å². The molecule has 0 saturated carbocycles. The number of hydrogen-bond donors (Lipinski definition) is 3. The molecule has 1 aromatic heterocycles. The molecular formula is C39H27N7O8S2. The fourth-order valence-electron chi connectivity index (χ4n) is 6.13. The fourth-order valence-corrected chi connectivity index (χ4v) is 7.47. The molecule has 0 saturated heterocycles. The van der Waals surface area contributed by atoms with Gasteiger partial charge in [0.05, 0.1) is 34.3 Å². The van der Waals surface area contributed by atoms with Crippen LogP contribution in [0.5, 0.6) is 11.5 Å². The number of phenolic OH excluding ortho intramolecular Hbond substituents is 1. The molecule has 15 nitrogen and oxygen atoms in total. The Morgan fingerprint density at radius 1 is 0.643 bits per heavy atom. The van der Waals surface area contributed by atoms with Crippen molar-refractivity contribution in [1.29, 1.82) is 0 Å². The molecule has 0 atom stereocenters. The van der Waals surface area contributed by atoms with Gasteiger partial charge in [-0.2, -0.15) is 37.0 Å². The van der Waals surface area contributed by atoms with Gasteiger partial charge >= 0.3 is 0 Å². The van der Waals surface area contributed by atoms with E-state index in [9.17, 15) is 31.0 Å². The Balaban J connectivity index is 1.03. The first-order valence-corrected chi connectivity index (χ1v) is 19.6. The van der Waals surface area contributed by atoms with Gasteiger partial charge in [-0.15, -0.1) is 15.3 Å². The summed E-state index contributed by atoms with van der Waals surface area (Å²) >= 11 is 0. The lowest BCUT2D eigenvalue weighted by atomic mass is 10.1. The highest BCUT2D eigenvalue weighted by molar-refractivity contribution is 7.86. The molecule has 56 heavy (non-hydrogen) atoms. The highest BCUT2D eigenvalue weighted by Crippen LogP contribution is 2.38. The van der Waals surface area contributed by atoms with Gasteiger partial charge in [0.25, 0.3) is 20.2 Å². The quantitative estimate of drug-likeness (QED) is 0.0881. The SMILES string of the molecule is [CH]CCOc1cccc2ccc(N=Nc3ccc(N=Nc4ccc5cc(-n6nc7ccc8c(S(=O)(=O)O)cc(S(=O)(=O)O)cc8c7n6)ccc5c4O)cc3)cc12. The van der Waals surface area contributed by atoms with Crippen LogP contribution in [0.3, 0.4) is 0 Å². The van der Waals surface area contributed by atoms with E-state index in [1.807, 2.05) is 36.4 Å². The predicted molar refractivity (Wildman–Crippen MR) is 208 cm³/mol. The number of ether oxygens (including phenoxy) is 1. The molecule has 8 rings (SSSR count). The molecule has 0 spiro atoms. The minimum Gasteiger partial charge on any atom is -0.505 e. The van der Waals surface area contributed by atoms with E-state index in [0.29, 0.717) is 52.6 Å². The number of benzene rings is 7. The zero-order valence-corrected chi connectivity index (χ0v) is 30.4. The number of fused-ring (bicyclic) bond motifs is 5. The first kappa shape index (κ1) is 36.3. The summed E-state index contributed by atoms with van der Waals surface area (Å²) < 4.78 is 73.3. The first-order valence-electron chi connectivity index (χ1n) is 16.7. The molecule has 278 valence electrons. The molecule has 0 bridgehead atoms. The second kappa shape index (κ2) is 14.2. The van der Waals surface area contributed by atoms with Crippen molar-refractivity contribution >= 4 is 86.3 Å². The van der Waals surface area contributed by atoms with Crippen molar-refractivity contribution in [1.82, 2.24) is 15.0 Å². The van der Waals surface area contributed by atoms with Crippen LogP contribution in [0.25, 0.3) is 49.0 Å². The van der Waals surface area contributed by atoms with Crippen molar-refractivity contribution in [2.24, 2.45) is 20.5 Å². The van der Waals surface area contributed by atoms with E-state index in [2.05, 4.69) is 30.7 Å². The van der Waals surface area contributed by atoms with Gasteiger partial charge in [0.15, 0.2) is 5.75 Å². The van der Waals surface area contributed by atoms with E-state index < -0.39 is 30.0 Å². The van der Waals surface area contributed by atoms with Gasteiger partial charge < -0.3 is 9.84 Å². The van der Waals surface area contributed by atoms with Gasteiger partial charge in [-0.05, 0) is 109 Å². The normalized spacial score (nSPS) is 12.6. The monoisotopic (exact) mass is 785 g/mol. The van der Waals surface area contributed by atoms with Crippen LogP contribution < -0.4 is 4.74 Å². The third-order valence-electron chi connectivity index (χ3n) is 8.78. The van der Waals surface area contributed by atoms with Crippen molar-refractivity contribution in [3.8, 4) is 17.2 Å². The number of hydrogen-bond acceptors (Lipinski definition) is 12. The largest absolute Gasteiger partial charge is 0.505 e. The van der Waals surface area contributed by atoms with Gasteiger partial charge in [0.2, 0.25) is 0 Å². The van der Waals surface area contributed by atoms with Gasteiger partial charge in [-0.25, -0.2) is 0 Å². The van der Waals surface area contributed by atoms with Crippen molar-refractivity contribution < 1.29 is 35.8 Å². The van der Waals surface area contributed by atoms with Gasteiger partial charge in [0.1, 0.15) is 27.4 Å². The molecule has 0 aliphatic rings. The summed E-state index contributed by atoms with van der Waals surface area (Å²) in [7, 11) is -9.73. The molecule has 1 heterocycles. The van der Waals surface area contributed by atoms with Crippen LogP contribution in [0.15, 0.2) is 146 Å². The standard InChI is InChI=1S/C39H27N7O8S2/c1-2-18-54-36-5-3-4-23-6-8-27(20-32(23)36)42-40-25-9-11-26(12-10-25)41-43-35-16-7-24-19-28(13-14-30(24)39(35)47)46-44-34-17-15-31-33(38(34)45-46)21-29(55(48,49)50)22-37(31)56(51,52)53/h1,3-17,19-22,47H,2,18H2,(H,48,49,50)(H,51,52,53). The molecule has 0 amide bonds. The minimum absolute atomic E-state index is 0.0210.